The highest BCUT2D eigenvalue weighted by atomic mass is 127. The Bertz CT molecular complexity index is 301. The Morgan fingerprint density at radius 3 is 2.33 bits per heavy atom. The molecule has 66 valence electrons. The van der Waals surface area contributed by atoms with Crippen LogP contribution in [0.5, 0.6) is 0 Å². The zero-order valence-corrected chi connectivity index (χ0v) is 9.37. The summed E-state index contributed by atoms with van der Waals surface area (Å²) in [6.07, 6.45) is -2.65. The van der Waals surface area contributed by atoms with Gasteiger partial charge in [0.15, 0.2) is 0 Å². The van der Waals surface area contributed by atoms with E-state index in [0.29, 0.717) is 3.57 Å². The average Bonchev–Trinajstić information content (AvgIpc) is 1.97. The molecule has 0 atom stereocenters. The van der Waals surface area contributed by atoms with Gasteiger partial charge in [0.1, 0.15) is 5.82 Å². The fraction of sp³-hybridized carbons (Fsp3) is 0.143. The molecule has 0 bridgehead atoms. The first-order chi connectivity index (χ1) is 5.54. The Hall–Kier alpha value is 0.220. The van der Waals surface area contributed by atoms with Gasteiger partial charge in [0.25, 0.3) is 6.43 Å². The van der Waals surface area contributed by atoms with Gasteiger partial charge >= 0.3 is 0 Å². The second kappa shape index (κ2) is 3.95. The fourth-order valence-electron chi connectivity index (χ4n) is 0.743. The molecule has 1 aromatic rings. The lowest BCUT2D eigenvalue weighted by molar-refractivity contribution is 0.149. The van der Waals surface area contributed by atoms with E-state index in [1.807, 2.05) is 0 Å². The Kier molecular flexibility index (Phi) is 3.39. The molecule has 0 aliphatic rings. The maximum atomic E-state index is 12.7. The molecule has 0 heterocycles. The van der Waals surface area contributed by atoms with Gasteiger partial charge < -0.3 is 0 Å². The van der Waals surface area contributed by atoms with Crippen molar-refractivity contribution in [3.63, 3.8) is 0 Å². The molecular formula is C7H3BrF3I. The van der Waals surface area contributed by atoms with Crippen LogP contribution in [-0.2, 0) is 0 Å². The minimum Gasteiger partial charge on any atom is -0.206 e. The van der Waals surface area contributed by atoms with Crippen LogP contribution in [0.4, 0.5) is 13.2 Å². The summed E-state index contributed by atoms with van der Waals surface area (Å²) < 4.78 is 37.5. The maximum absolute atomic E-state index is 12.7. The van der Waals surface area contributed by atoms with Crippen LogP contribution in [0.3, 0.4) is 0 Å². The van der Waals surface area contributed by atoms with Crippen molar-refractivity contribution in [3.8, 4) is 0 Å². The smallest absolute Gasteiger partial charge is 0.206 e. The zero-order chi connectivity index (χ0) is 9.30. The molecule has 5 heteroatoms. The highest BCUT2D eigenvalue weighted by Crippen LogP contribution is 2.33. The molecule has 12 heavy (non-hydrogen) atoms. The average molecular weight is 351 g/mol. The zero-order valence-electron chi connectivity index (χ0n) is 5.62. The van der Waals surface area contributed by atoms with Crippen LogP contribution >= 0.6 is 38.5 Å². The Morgan fingerprint density at radius 1 is 1.33 bits per heavy atom. The normalized spacial score (nSPS) is 10.8. The van der Waals surface area contributed by atoms with Gasteiger partial charge in [0.05, 0.1) is 4.47 Å². The summed E-state index contributed by atoms with van der Waals surface area (Å²) >= 11 is 4.51. The molecule has 0 saturated heterocycles. The Morgan fingerprint density at radius 2 is 1.92 bits per heavy atom. The molecule has 0 radical (unpaired) electrons. The van der Waals surface area contributed by atoms with Crippen LogP contribution in [0, 0.1) is 9.39 Å². The highest BCUT2D eigenvalue weighted by Gasteiger charge is 2.17. The van der Waals surface area contributed by atoms with E-state index in [1.54, 1.807) is 22.6 Å². The first-order valence-electron chi connectivity index (χ1n) is 2.95. The number of benzene rings is 1. The summed E-state index contributed by atoms with van der Waals surface area (Å²) in [4.78, 5) is 0. The third kappa shape index (κ3) is 1.93. The minimum absolute atomic E-state index is 0.149. The van der Waals surface area contributed by atoms with E-state index >= 15 is 0 Å². The quantitative estimate of drug-likeness (QED) is 0.527. The topological polar surface area (TPSA) is 0 Å². The standard InChI is InChI=1S/C7H3BrF3I/c8-6-3(9)1-2-4(12)5(6)7(10)11/h1-2,7H. The SMILES string of the molecule is Fc1ccc(I)c(C(F)F)c1Br. The van der Waals surface area contributed by atoms with E-state index in [9.17, 15) is 13.2 Å². The number of hydrogen-bond donors (Lipinski definition) is 0. The second-order valence-corrected chi connectivity index (χ2v) is 4.01. The van der Waals surface area contributed by atoms with Gasteiger partial charge in [-0.2, -0.15) is 0 Å². The van der Waals surface area contributed by atoms with E-state index in [0.717, 1.165) is 6.07 Å². The molecule has 1 aromatic carbocycles. The lowest BCUT2D eigenvalue weighted by atomic mass is 10.2. The predicted molar refractivity (Wildman–Crippen MR) is 51.8 cm³/mol. The number of alkyl halides is 2. The van der Waals surface area contributed by atoms with Gasteiger partial charge in [-0.15, -0.1) is 0 Å². The molecule has 0 aromatic heterocycles. The van der Waals surface area contributed by atoms with E-state index in [1.165, 1.54) is 6.07 Å². The predicted octanol–water partition coefficient (Wildman–Crippen LogP) is 4.13. The molecule has 0 nitrogen and oxygen atoms in total. The Balaban J connectivity index is 3.33. The number of hydrogen-bond acceptors (Lipinski definition) is 0. The lowest BCUT2D eigenvalue weighted by Crippen LogP contribution is -1.93. The van der Waals surface area contributed by atoms with Crippen molar-refractivity contribution >= 4 is 38.5 Å². The number of rotatable bonds is 1. The summed E-state index contributed by atoms with van der Waals surface area (Å²) in [7, 11) is 0. The van der Waals surface area contributed by atoms with Gasteiger partial charge in [-0.25, -0.2) is 13.2 Å². The van der Waals surface area contributed by atoms with Gasteiger partial charge in [-0.05, 0) is 50.7 Å². The van der Waals surface area contributed by atoms with E-state index < -0.39 is 12.2 Å². The fourth-order valence-corrected chi connectivity index (χ4v) is 2.32. The molecule has 0 saturated carbocycles. The molecule has 0 spiro atoms. The monoisotopic (exact) mass is 350 g/mol. The van der Waals surface area contributed by atoms with Crippen molar-refractivity contribution in [2.45, 2.75) is 6.43 Å². The molecule has 0 unspecified atom stereocenters. The molecule has 1 rings (SSSR count). The molecule has 0 fully saturated rings. The van der Waals surface area contributed by atoms with Crippen molar-refractivity contribution in [1.82, 2.24) is 0 Å². The maximum Gasteiger partial charge on any atom is 0.266 e. The molecule has 0 aliphatic heterocycles. The van der Waals surface area contributed by atoms with Crippen molar-refractivity contribution in [2.24, 2.45) is 0 Å². The van der Waals surface area contributed by atoms with E-state index in [4.69, 9.17) is 0 Å². The van der Waals surface area contributed by atoms with Crippen LogP contribution in [0.2, 0.25) is 0 Å². The van der Waals surface area contributed by atoms with E-state index in [-0.39, 0.29) is 10.0 Å². The third-order valence-corrected chi connectivity index (χ3v) is 3.04. The molecular weight excluding hydrogens is 348 g/mol. The molecule has 0 N–H and O–H groups in total. The lowest BCUT2D eigenvalue weighted by Gasteiger charge is -2.06. The summed E-state index contributed by atoms with van der Waals surface area (Å²) in [5.41, 5.74) is -0.282. The van der Waals surface area contributed by atoms with Crippen LogP contribution < -0.4 is 0 Å². The summed E-state index contributed by atoms with van der Waals surface area (Å²) in [6.45, 7) is 0. The molecule has 0 amide bonds. The summed E-state index contributed by atoms with van der Waals surface area (Å²) in [5, 5.41) is 0. The van der Waals surface area contributed by atoms with Gasteiger partial charge in [-0.3, -0.25) is 0 Å². The Labute approximate surface area is 89.4 Å². The minimum atomic E-state index is -2.65. The van der Waals surface area contributed by atoms with Crippen molar-refractivity contribution in [3.05, 3.63) is 31.6 Å². The van der Waals surface area contributed by atoms with E-state index in [2.05, 4.69) is 15.9 Å². The van der Waals surface area contributed by atoms with Crippen LogP contribution in [0.15, 0.2) is 16.6 Å². The van der Waals surface area contributed by atoms with Crippen molar-refractivity contribution < 1.29 is 13.2 Å². The largest absolute Gasteiger partial charge is 0.266 e. The second-order valence-electron chi connectivity index (χ2n) is 2.06. The van der Waals surface area contributed by atoms with Gasteiger partial charge in [-0.1, -0.05) is 0 Å². The first-order valence-corrected chi connectivity index (χ1v) is 4.82. The van der Waals surface area contributed by atoms with Crippen LogP contribution in [-0.4, -0.2) is 0 Å². The molecule has 0 aliphatic carbocycles. The van der Waals surface area contributed by atoms with Crippen LogP contribution in [0.1, 0.15) is 12.0 Å². The highest BCUT2D eigenvalue weighted by molar-refractivity contribution is 14.1. The van der Waals surface area contributed by atoms with Gasteiger partial charge in [0.2, 0.25) is 0 Å². The summed E-state index contributed by atoms with van der Waals surface area (Å²) in [6, 6.07) is 2.47. The summed E-state index contributed by atoms with van der Waals surface area (Å²) in [5.74, 6) is -0.661. The third-order valence-electron chi connectivity index (χ3n) is 1.30. The van der Waals surface area contributed by atoms with Crippen molar-refractivity contribution in [1.29, 1.82) is 0 Å². The first kappa shape index (κ1) is 10.3. The van der Waals surface area contributed by atoms with Gasteiger partial charge in [0, 0.05) is 9.13 Å². The van der Waals surface area contributed by atoms with Crippen LogP contribution in [0.25, 0.3) is 0 Å². The number of halogens is 5. The van der Waals surface area contributed by atoms with Crippen molar-refractivity contribution in [2.75, 3.05) is 0 Å².